The molecule has 2 aliphatic rings. The summed E-state index contributed by atoms with van der Waals surface area (Å²) in [5.41, 5.74) is 0.962. The predicted molar refractivity (Wildman–Crippen MR) is 101 cm³/mol. The first-order valence-electron chi connectivity index (χ1n) is 9.46. The van der Waals surface area contributed by atoms with Crippen molar-refractivity contribution in [1.82, 2.24) is 24.8 Å². The normalized spacial score (nSPS) is 16.8. The average molecular weight is 445 g/mol. The summed E-state index contributed by atoms with van der Waals surface area (Å²) in [4.78, 5) is 32.2. The molecule has 2 aromatic heterocycles. The van der Waals surface area contributed by atoms with Crippen LogP contribution in [0, 0.1) is 5.92 Å². The number of rotatable bonds is 5. The van der Waals surface area contributed by atoms with Gasteiger partial charge < -0.3 is 15.0 Å². The summed E-state index contributed by atoms with van der Waals surface area (Å²) in [6, 6.07) is 0. The molecule has 164 valence electrons. The van der Waals surface area contributed by atoms with Crippen molar-refractivity contribution in [2.45, 2.75) is 51.6 Å². The molecule has 0 atom stereocenters. The number of amides is 1. The molecule has 1 amide bonds. The van der Waals surface area contributed by atoms with E-state index in [1.165, 1.54) is 6.42 Å². The van der Waals surface area contributed by atoms with E-state index >= 15 is 0 Å². The lowest BCUT2D eigenvalue weighted by molar-refractivity contribution is -0.192. The number of halogens is 3. The average Bonchev–Trinajstić information content (AvgIpc) is 3.27. The Morgan fingerprint density at radius 2 is 2.03 bits per heavy atom. The number of alkyl halides is 3. The van der Waals surface area contributed by atoms with Crippen molar-refractivity contribution in [1.29, 1.82) is 0 Å². The van der Waals surface area contributed by atoms with Crippen molar-refractivity contribution in [2.24, 2.45) is 5.92 Å². The second-order valence-electron chi connectivity index (χ2n) is 7.13. The maximum Gasteiger partial charge on any atom is 0.490 e. The van der Waals surface area contributed by atoms with E-state index < -0.39 is 12.1 Å². The van der Waals surface area contributed by atoms with E-state index in [1.54, 1.807) is 11.3 Å². The lowest BCUT2D eigenvalue weighted by atomic mass is 9.85. The first-order valence-corrected chi connectivity index (χ1v) is 10.3. The number of hydrogen-bond acceptors (Lipinski definition) is 6. The molecule has 0 radical (unpaired) electrons. The molecule has 12 heteroatoms. The number of nitrogens with one attached hydrogen (secondary N) is 1. The SMILES string of the molecule is O=C(NCc1cn2c(n1)CN(Cc1nccs1)CC2)C1CCC1.O=C(O)C(F)(F)F. The third kappa shape index (κ3) is 6.02. The van der Waals surface area contributed by atoms with Gasteiger partial charge in [-0.15, -0.1) is 11.3 Å². The molecule has 4 rings (SSSR count). The smallest absolute Gasteiger partial charge is 0.475 e. The molecule has 1 aliphatic carbocycles. The lowest BCUT2D eigenvalue weighted by Gasteiger charge is -2.26. The Kier molecular flexibility index (Phi) is 7.08. The monoisotopic (exact) mass is 445 g/mol. The summed E-state index contributed by atoms with van der Waals surface area (Å²) in [5, 5.41) is 13.3. The minimum Gasteiger partial charge on any atom is -0.475 e. The van der Waals surface area contributed by atoms with Gasteiger partial charge in [0.25, 0.3) is 0 Å². The predicted octanol–water partition coefficient (Wildman–Crippen LogP) is 2.40. The number of aliphatic carboxylic acids is 1. The summed E-state index contributed by atoms with van der Waals surface area (Å²) in [6.07, 6.45) is 2.12. The zero-order valence-corrected chi connectivity index (χ0v) is 16.9. The van der Waals surface area contributed by atoms with Crippen LogP contribution in [-0.4, -0.2) is 49.1 Å². The highest BCUT2D eigenvalue weighted by Crippen LogP contribution is 2.26. The number of thiazole rings is 1. The highest BCUT2D eigenvalue weighted by Gasteiger charge is 2.38. The molecule has 0 bridgehead atoms. The summed E-state index contributed by atoms with van der Waals surface area (Å²) in [5.74, 6) is -1.25. The number of fused-ring (bicyclic) bond motifs is 1. The zero-order valence-electron chi connectivity index (χ0n) is 16.1. The minimum absolute atomic E-state index is 0.188. The molecule has 8 nitrogen and oxygen atoms in total. The number of hydrogen-bond donors (Lipinski definition) is 2. The molecule has 1 aliphatic heterocycles. The van der Waals surface area contributed by atoms with Gasteiger partial charge in [0.2, 0.25) is 5.91 Å². The number of imidazole rings is 1. The van der Waals surface area contributed by atoms with E-state index in [1.807, 2.05) is 11.6 Å². The molecule has 0 spiro atoms. The van der Waals surface area contributed by atoms with Crippen LogP contribution in [0.25, 0.3) is 0 Å². The second kappa shape index (κ2) is 9.56. The highest BCUT2D eigenvalue weighted by molar-refractivity contribution is 7.09. The van der Waals surface area contributed by atoms with Crippen molar-refractivity contribution in [3.63, 3.8) is 0 Å². The maximum absolute atomic E-state index is 11.9. The number of carboxylic acids is 1. The van der Waals surface area contributed by atoms with Gasteiger partial charge in [-0.2, -0.15) is 13.2 Å². The molecule has 3 heterocycles. The number of carbonyl (C=O) groups is 2. The Balaban J connectivity index is 0.000000318. The van der Waals surface area contributed by atoms with Crippen LogP contribution in [0.1, 0.15) is 35.8 Å². The van der Waals surface area contributed by atoms with Crippen LogP contribution in [0.15, 0.2) is 17.8 Å². The molecule has 2 N–H and O–H groups in total. The molecule has 2 aromatic rings. The van der Waals surface area contributed by atoms with Crippen LogP contribution < -0.4 is 5.32 Å². The van der Waals surface area contributed by atoms with Gasteiger partial charge in [-0.05, 0) is 12.8 Å². The minimum atomic E-state index is -5.08. The number of carboxylic acid groups (broad SMARTS) is 1. The standard InChI is InChI=1S/C16H21N5OS.C2HF3O2/c22-16(12-2-1-3-12)18-8-13-9-21-6-5-20(10-14(21)19-13)11-15-17-4-7-23-15;3-2(4,5)1(6)7/h4,7,9,12H,1-3,5-6,8,10-11H2,(H,18,22);(H,6,7). The molecule has 0 unspecified atom stereocenters. The second-order valence-corrected chi connectivity index (χ2v) is 8.11. The number of carbonyl (C=O) groups excluding carboxylic acids is 1. The largest absolute Gasteiger partial charge is 0.490 e. The molecule has 30 heavy (non-hydrogen) atoms. The quantitative estimate of drug-likeness (QED) is 0.733. The van der Waals surface area contributed by atoms with Crippen LogP contribution >= 0.6 is 11.3 Å². The van der Waals surface area contributed by atoms with Crippen LogP contribution in [-0.2, 0) is 35.8 Å². The third-order valence-corrected chi connectivity index (χ3v) is 5.70. The van der Waals surface area contributed by atoms with Gasteiger partial charge in [0.15, 0.2) is 0 Å². The zero-order chi connectivity index (χ0) is 21.7. The molecular formula is C18H22F3N5O3S. The van der Waals surface area contributed by atoms with E-state index in [0.717, 1.165) is 55.5 Å². The van der Waals surface area contributed by atoms with Crippen LogP contribution in [0.3, 0.4) is 0 Å². The van der Waals surface area contributed by atoms with Gasteiger partial charge in [-0.3, -0.25) is 9.69 Å². The van der Waals surface area contributed by atoms with Crippen molar-refractivity contribution >= 4 is 23.2 Å². The Morgan fingerprint density at radius 1 is 1.30 bits per heavy atom. The van der Waals surface area contributed by atoms with Gasteiger partial charge in [-0.1, -0.05) is 6.42 Å². The fourth-order valence-corrected chi connectivity index (χ4v) is 3.75. The number of aromatic nitrogens is 3. The summed E-state index contributed by atoms with van der Waals surface area (Å²) in [6.45, 7) is 4.23. The van der Waals surface area contributed by atoms with E-state index in [4.69, 9.17) is 14.9 Å². The molecular weight excluding hydrogens is 423 g/mol. The molecule has 1 saturated carbocycles. The van der Waals surface area contributed by atoms with Gasteiger partial charge in [0.05, 0.1) is 25.3 Å². The molecule has 0 saturated heterocycles. The van der Waals surface area contributed by atoms with E-state index in [0.29, 0.717) is 6.54 Å². The molecule has 1 fully saturated rings. The summed E-state index contributed by atoms with van der Waals surface area (Å²) < 4.78 is 33.9. The fraction of sp³-hybridized carbons (Fsp3) is 0.556. The Hall–Kier alpha value is -2.47. The highest BCUT2D eigenvalue weighted by atomic mass is 32.1. The van der Waals surface area contributed by atoms with E-state index in [2.05, 4.69) is 26.0 Å². The lowest BCUT2D eigenvalue weighted by Crippen LogP contribution is -2.34. The van der Waals surface area contributed by atoms with Gasteiger partial charge in [0.1, 0.15) is 10.8 Å². The first kappa shape index (κ1) is 22.2. The third-order valence-electron chi connectivity index (χ3n) is 4.94. The fourth-order valence-electron chi connectivity index (χ4n) is 3.10. The van der Waals surface area contributed by atoms with Crippen LogP contribution in [0.4, 0.5) is 13.2 Å². The Bertz CT molecular complexity index is 865. The first-order chi connectivity index (χ1) is 14.2. The Labute approximate surface area is 174 Å². The van der Waals surface area contributed by atoms with Crippen molar-refractivity contribution in [2.75, 3.05) is 6.54 Å². The van der Waals surface area contributed by atoms with Crippen molar-refractivity contribution in [3.05, 3.63) is 34.3 Å². The number of nitrogens with zero attached hydrogens (tertiary/aromatic N) is 4. The topological polar surface area (TPSA) is 100 Å². The Morgan fingerprint density at radius 3 is 2.60 bits per heavy atom. The van der Waals surface area contributed by atoms with E-state index in [-0.39, 0.29) is 11.8 Å². The van der Waals surface area contributed by atoms with Crippen LogP contribution in [0.5, 0.6) is 0 Å². The van der Waals surface area contributed by atoms with Gasteiger partial charge in [-0.25, -0.2) is 14.8 Å². The summed E-state index contributed by atoms with van der Waals surface area (Å²) in [7, 11) is 0. The van der Waals surface area contributed by atoms with Crippen LogP contribution in [0.2, 0.25) is 0 Å². The maximum atomic E-state index is 11.9. The van der Waals surface area contributed by atoms with Crippen molar-refractivity contribution in [3.8, 4) is 0 Å². The van der Waals surface area contributed by atoms with Gasteiger partial charge in [0, 0.05) is 36.8 Å². The molecule has 0 aromatic carbocycles. The van der Waals surface area contributed by atoms with Gasteiger partial charge >= 0.3 is 12.1 Å². The van der Waals surface area contributed by atoms with Crippen molar-refractivity contribution < 1.29 is 27.9 Å². The summed E-state index contributed by atoms with van der Waals surface area (Å²) >= 11 is 1.70. The van der Waals surface area contributed by atoms with E-state index in [9.17, 15) is 18.0 Å².